The highest BCUT2D eigenvalue weighted by molar-refractivity contribution is 6.21. The van der Waals surface area contributed by atoms with Crippen molar-refractivity contribution in [3.8, 4) is 0 Å². The van der Waals surface area contributed by atoms with E-state index >= 15 is 0 Å². The van der Waals surface area contributed by atoms with Crippen molar-refractivity contribution in [3.05, 3.63) is 77.2 Å². The fourth-order valence-electron chi connectivity index (χ4n) is 5.39. The molecule has 2 N–H and O–H groups in total. The topological polar surface area (TPSA) is 104 Å². The number of benzene rings is 2. The zero-order chi connectivity index (χ0) is 25.9. The average molecular weight is 498 g/mol. The molecule has 0 bridgehead atoms. The Bertz CT molecular complexity index is 1320. The minimum atomic E-state index is -0.274. The fraction of sp³-hybridized carbons (Fsp3) is 0.345. The predicted octanol–water partition coefficient (Wildman–Crippen LogP) is 5.13. The smallest absolute Gasteiger partial charge is 0.261 e. The first kappa shape index (κ1) is 24.6. The second-order valence-corrected chi connectivity index (χ2v) is 9.80. The monoisotopic (exact) mass is 497 g/mol. The van der Waals surface area contributed by atoms with Gasteiger partial charge in [0.15, 0.2) is 0 Å². The van der Waals surface area contributed by atoms with Crippen molar-refractivity contribution < 1.29 is 14.4 Å². The summed E-state index contributed by atoms with van der Waals surface area (Å²) in [6.45, 7) is 4.22. The van der Waals surface area contributed by atoms with E-state index in [4.69, 9.17) is 0 Å². The number of nitrogens with zero attached hydrogens (tertiary/aromatic N) is 3. The third kappa shape index (κ3) is 5.09. The molecule has 8 nitrogen and oxygen atoms in total. The molecule has 2 atom stereocenters. The molecule has 2 unspecified atom stereocenters. The molecule has 190 valence electrons. The lowest BCUT2D eigenvalue weighted by molar-refractivity contribution is -0.122. The van der Waals surface area contributed by atoms with Crippen LogP contribution in [-0.2, 0) is 11.2 Å². The van der Waals surface area contributed by atoms with Crippen molar-refractivity contribution in [2.45, 2.75) is 46.0 Å². The number of nitrogens with one attached hydrogen (secondary N) is 2. The third-order valence-corrected chi connectivity index (χ3v) is 7.37. The summed E-state index contributed by atoms with van der Waals surface area (Å²) in [6, 6.07) is 14.7. The highest BCUT2D eigenvalue weighted by Crippen LogP contribution is 2.35. The van der Waals surface area contributed by atoms with Crippen LogP contribution in [0, 0.1) is 18.8 Å². The molecular formula is C29H31N5O3. The van der Waals surface area contributed by atoms with Crippen LogP contribution in [0.25, 0.3) is 0 Å². The van der Waals surface area contributed by atoms with Crippen LogP contribution in [0.1, 0.15) is 64.6 Å². The maximum Gasteiger partial charge on any atom is 0.261 e. The van der Waals surface area contributed by atoms with Gasteiger partial charge in [-0.05, 0) is 61.9 Å². The molecule has 5 rings (SSSR count). The van der Waals surface area contributed by atoms with Gasteiger partial charge in [0.05, 0.1) is 11.1 Å². The number of imide groups is 1. The van der Waals surface area contributed by atoms with E-state index in [1.165, 1.54) is 11.2 Å². The zero-order valence-electron chi connectivity index (χ0n) is 21.2. The number of aryl methyl sites for hydroxylation is 2. The van der Waals surface area contributed by atoms with E-state index in [1.54, 1.807) is 24.3 Å². The molecular weight excluding hydrogens is 466 g/mol. The Morgan fingerprint density at radius 2 is 1.73 bits per heavy atom. The molecule has 2 aromatic carbocycles. The molecule has 2 heterocycles. The average Bonchev–Trinajstić information content (AvgIpc) is 3.14. The van der Waals surface area contributed by atoms with Crippen molar-refractivity contribution in [2.75, 3.05) is 17.2 Å². The standard InChI is InChI=1S/C29H31N5O3/c1-3-19-12-13-21(32-26-14-18(2)30-17-31-26)15-25(19)33-27(35)22-9-5-4-8-20(22)16-34-28(36)23-10-6-7-11-24(23)29(34)37/h6-7,10-15,17,20,22H,3-5,8-9,16H2,1-2H3,(H,33,35)(H,30,31,32). The second kappa shape index (κ2) is 10.5. The molecule has 0 spiro atoms. The summed E-state index contributed by atoms with van der Waals surface area (Å²) in [4.78, 5) is 49.1. The van der Waals surface area contributed by atoms with Gasteiger partial charge in [-0.25, -0.2) is 9.97 Å². The zero-order valence-corrected chi connectivity index (χ0v) is 21.2. The fourth-order valence-corrected chi connectivity index (χ4v) is 5.39. The van der Waals surface area contributed by atoms with Gasteiger partial charge in [-0.2, -0.15) is 0 Å². The van der Waals surface area contributed by atoms with Gasteiger partial charge in [0, 0.05) is 35.6 Å². The molecule has 2 aliphatic rings. The van der Waals surface area contributed by atoms with Crippen LogP contribution in [0.3, 0.4) is 0 Å². The lowest BCUT2D eigenvalue weighted by Gasteiger charge is -2.33. The van der Waals surface area contributed by atoms with Crippen molar-refractivity contribution >= 4 is 34.9 Å². The lowest BCUT2D eigenvalue weighted by Crippen LogP contribution is -2.41. The van der Waals surface area contributed by atoms with Crippen molar-refractivity contribution in [3.63, 3.8) is 0 Å². The highest BCUT2D eigenvalue weighted by atomic mass is 16.2. The Hall–Kier alpha value is -4.07. The van der Waals surface area contributed by atoms with Gasteiger partial charge in [0.25, 0.3) is 11.8 Å². The number of hydrogen-bond acceptors (Lipinski definition) is 6. The Morgan fingerprint density at radius 1 is 1.00 bits per heavy atom. The lowest BCUT2D eigenvalue weighted by atomic mass is 9.78. The maximum atomic E-state index is 13.6. The SMILES string of the molecule is CCc1ccc(Nc2cc(C)ncn2)cc1NC(=O)C1CCCCC1CN1C(=O)c2ccccc2C1=O. The molecule has 3 aromatic rings. The number of carbonyl (C=O) groups is 3. The van der Waals surface area contributed by atoms with E-state index in [9.17, 15) is 14.4 Å². The minimum absolute atomic E-state index is 0.0639. The molecule has 1 aliphatic carbocycles. The van der Waals surface area contributed by atoms with E-state index < -0.39 is 0 Å². The van der Waals surface area contributed by atoms with Crippen LogP contribution < -0.4 is 10.6 Å². The van der Waals surface area contributed by atoms with Gasteiger partial charge in [0.1, 0.15) is 12.1 Å². The number of aromatic nitrogens is 2. The van der Waals surface area contributed by atoms with Crippen LogP contribution in [0.2, 0.25) is 0 Å². The summed E-state index contributed by atoms with van der Waals surface area (Å²) in [5, 5.41) is 6.44. The summed E-state index contributed by atoms with van der Waals surface area (Å²) in [5.41, 5.74) is 4.36. The first-order valence-electron chi connectivity index (χ1n) is 12.9. The van der Waals surface area contributed by atoms with E-state index in [0.29, 0.717) is 16.9 Å². The molecule has 1 aliphatic heterocycles. The quantitative estimate of drug-likeness (QED) is 0.439. The van der Waals surface area contributed by atoms with Gasteiger partial charge < -0.3 is 10.6 Å². The van der Waals surface area contributed by atoms with Crippen molar-refractivity contribution in [2.24, 2.45) is 11.8 Å². The highest BCUT2D eigenvalue weighted by Gasteiger charge is 2.40. The molecule has 1 fully saturated rings. The van der Waals surface area contributed by atoms with E-state index in [0.717, 1.165) is 54.7 Å². The molecule has 37 heavy (non-hydrogen) atoms. The van der Waals surface area contributed by atoms with Crippen LogP contribution in [0.5, 0.6) is 0 Å². The largest absolute Gasteiger partial charge is 0.340 e. The van der Waals surface area contributed by atoms with E-state index in [1.807, 2.05) is 31.2 Å². The number of amides is 3. The number of anilines is 3. The van der Waals surface area contributed by atoms with E-state index in [2.05, 4.69) is 27.5 Å². The summed E-state index contributed by atoms with van der Waals surface area (Å²) in [7, 11) is 0. The Labute approximate surface area is 216 Å². The number of rotatable bonds is 7. The summed E-state index contributed by atoms with van der Waals surface area (Å²) in [5.74, 6) is -0.265. The van der Waals surface area contributed by atoms with Crippen LogP contribution in [0.4, 0.5) is 17.2 Å². The molecule has 1 aromatic heterocycles. The van der Waals surface area contributed by atoms with Crippen LogP contribution >= 0.6 is 0 Å². The van der Waals surface area contributed by atoms with Gasteiger partial charge in [0.2, 0.25) is 5.91 Å². The summed E-state index contributed by atoms with van der Waals surface area (Å²) < 4.78 is 0. The normalized spacial score (nSPS) is 19.0. The maximum absolute atomic E-state index is 13.6. The Morgan fingerprint density at radius 3 is 2.43 bits per heavy atom. The van der Waals surface area contributed by atoms with Crippen LogP contribution in [-0.4, -0.2) is 39.1 Å². The first-order valence-corrected chi connectivity index (χ1v) is 12.9. The predicted molar refractivity (Wildman–Crippen MR) is 142 cm³/mol. The van der Waals surface area contributed by atoms with Crippen molar-refractivity contribution in [1.29, 1.82) is 0 Å². The second-order valence-electron chi connectivity index (χ2n) is 9.80. The molecule has 3 amide bonds. The van der Waals surface area contributed by atoms with Gasteiger partial charge in [-0.3, -0.25) is 19.3 Å². The third-order valence-electron chi connectivity index (χ3n) is 7.37. The Kier molecular flexibility index (Phi) is 6.99. The molecule has 0 saturated heterocycles. The van der Waals surface area contributed by atoms with Gasteiger partial charge in [-0.15, -0.1) is 0 Å². The van der Waals surface area contributed by atoms with Crippen LogP contribution in [0.15, 0.2) is 54.9 Å². The molecule has 0 radical (unpaired) electrons. The number of hydrogen-bond donors (Lipinski definition) is 2. The number of carbonyl (C=O) groups excluding carboxylic acids is 3. The first-order chi connectivity index (χ1) is 17.9. The Balaban J connectivity index is 1.32. The minimum Gasteiger partial charge on any atom is -0.340 e. The summed E-state index contributed by atoms with van der Waals surface area (Å²) in [6.07, 6.45) is 5.76. The van der Waals surface area contributed by atoms with E-state index in [-0.39, 0.29) is 36.1 Å². The van der Waals surface area contributed by atoms with Gasteiger partial charge >= 0.3 is 0 Å². The molecule has 8 heteroatoms. The molecule has 1 saturated carbocycles. The summed E-state index contributed by atoms with van der Waals surface area (Å²) >= 11 is 0. The number of fused-ring (bicyclic) bond motifs is 1. The van der Waals surface area contributed by atoms with Gasteiger partial charge in [-0.1, -0.05) is 38.0 Å². The van der Waals surface area contributed by atoms with Crippen molar-refractivity contribution in [1.82, 2.24) is 14.9 Å².